The number of hydrogen-bond acceptors (Lipinski definition) is 5. The van der Waals surface area contributed by atoms with E-state index in [1.165, 1.54) is 4.90 Å². The highest BCUT2D eigenvalue weighted by Crippen LogP contribution is 2.22. The van der Waals surface area contributed by atoms with Crippen molar-refractivity contribution >= 4 is 23.8 Å². The van der Waals surface area contributed by atoms with Crippen molar-refractivity contribution in [2.45, 2.75) is 19.8 Å². The summed E-state index contributed by atoms with van der Waals surface area (Å²) in [5, 5.41) is 5.15. The number of esters is 1. The van der Waals surface area contributed by atoms with Gasteiger partial charge in [-0.15, -0.1) is 0 Å². The van der Waals surface area contributed by atoms with E-state index in [4.69, 9.17) is 4.74 Å². The molecule has 1 aliphatic rings. The molecule has 0 unspecified atom stereocenters. The monoisotopic (exact) mass is 347 g/mol. The van der Waals surface area contributed by atoms with Gasteiger partial charge in [-0.05, 0) is 25.5 Å². The third-order valence-corrected chi connectivity index (χ3v) is 3.64. The van der Waals surface area contributed by atoms with E-state index in [0.29, 0.717) is 30.7 Å². The summed E-state index contributed by atoms with van der Waals surface area (Å²) in [6, 6.07) is 6.28. The standard InChI is InChI=1S/C17H21N3O5/c1-2-25-14(21)8-10-19-17(24)18-9-5-11-20-15(22)12-6-3-4-7-13(12)16(20)23/h3-4,6-7H,2,5,8-11H2,1H3,(H2,18,19,24). The zero-order valence-electron chi connectivity index (χ0n) is 14.0. The maximum absolute atomic E-state index is 12.2. The van der Waals surface area contributed by atoms with E-state index in [0.717, 1.165) is 0 Å². The zero-order chi connectivity index (χ0) is 18.2. The SMILES string of the molecule is CCOC(=O)CCNC(=O)NCCCN1C(=O)c2ccccc2C1=O. The van der Waals surface area contributed by atoms with Gasteiger partial charge in [-0.1, -0.05) is 12.1 Å². The van der Waals surface area contributed by atoms with Crippen molar-refractivity contribution in [1.29, 1.82) is 0 Å². The number of hydrogen-bond donors (Lipinski definition) is 2. The van der Waals surface area contributed by atoms with Crippen LogP contribution >= 0.6 is 0 Å². The molecule has 0 aliphatic carbocycles. The maximum Gasteiger partial charge on any atom is 0.314 e. The van der Waals surface area contributed by atoms with Gasteiger partial charge >= 0.3 is 12.0 Å². The van der Waals surface area contributed by atoms with Gasteiger partial charge in [0.15, 0.2) is 0 Å². The number of nitrogens with one attached hydrogen (secondary N) is 2. The van der Waals surface area contributed by atoms with Crippen molar-refractivity contribution < 1.29 is 23.9 Å². The minimum absolute atomic E-state index is 0.107. The molecule has 0 aromatic heterocycles. The van der Waals surface area contributed by atoms with Crippen LogP contribution in [0.3, 0.4) is 0 Å². The normalized spacial score (nSPS) is 12.8. The van der Waals surface area contributed by atoms with Gasteiger partial charge < -0.3 is 15.4 Å². The molecule has 1 heterocycles. The fraction of sp³-hybridized carbons (Fsp3) is 0.412. The summed E-state index contributed by atoms with van der Waals surface area (Å²) < 4.78 is 4.75. The van der Waals surface area contributed by atoms with Crippen molar-refractivity contribution in [2.24, 2.45) is 0 Å². The number of urea groups is 1. The van der Waals surface area contributed by atoms with E-state index < -0.39 is 6.03 Å². The number of imide groups is 1. The molecule has 1 aromatic carbocycles. The smallest absolute Gasteiger partial charge is 0.314 e. The maximum atomic E-state index is 12.2. The highest BCUT2D eigenvalue weighted by atomic mass is 16.5. The lowest BCUT2D eigenvalue weighted by Gasteiger charge is -2.14. The van der Waals surface area contributed by atoms with Crippen LogP contribution in [0, 0.1) is 0 Å². The number of carbonyl (C=O) groups excluding carboxylic acids is 4. The van der Waals surface area contributed by atoms with Crippen LogP contribution in [-0.4, -0.2) is 55.0 Å². The van der Waals surface area contributed by atoms with Gasteiger partial charge in [-0.3, -0.25) is 19.3 Å². The first-order valence-corrected chi connectivity index (χ1v) is 8.17. The topological polar surface area (TPSA) is 105 Å². The molecule has 2 rings (SSSR count). The molecular weight excluding hydrogens is 326 g/mol. The molecule has 0 saturated heterocycles. The number of benzene rings is 1. The summed E-state index contributed by atoms with van der Waals surface area (Å²) >= 11 is 0. The van der Waals surface area contributed by atoms with Gasteiger partial charge in [0.05, 0.1) is 24.2 Å². The number of rotatable bonds is 8. The summed E-state index contributed by atoms with van der Waals surface area (Å²) in [6.07, 6.45) is 0.549. The molecule has 4 amide bonds. The quantitative estimate of drug-likeness (QED) is 0.413. The molecule has 8 heteroatoms. The summed E-state index contributed by atoms with van der Waals surface area (Å²) in [7, 11) is 0. The van der Waals surface area contributed by atoms with Crippen LogP contribution in [0.5, 0.6) is 0 Å². The first-order valence-electron chi connectivity index (χ1n) is 8.17. The van der Waals surface area contributed by atoms with Gasteiger partial charge in [0.2, 0.25) is 0 Å². The summed E-state index contributed by atoms with van der Waals surface area (Å²) in [6.45, 7) is 2.74. The van der Waals surface area contributed by atoms with Crippen molar-refractivity contribution in [3.05, 3.63) is 35.4 Å². The molecule has 0 radical (unpaired) electrons. The minimum Gasteiger partial charge on any atom is -0.466 e. The largest absolute Gasteiger partial charge is 0.466 e. The van der Waals surface area contributed by atoms with E-state index in [1.54, 1.807) is 31.2 Å². The second kappa shape index (κ2) is 8.81. The van der Waals surface area contributed by atoms with Crippen molar-refractivity contribution in [3.8, 4) is 0 Å². The van der Waals surface area contributed by atoms with Crippen LogP contribution in [0.15, 0.2) is 24.3 Å². The van der Waals surface area contributed by atoms with Gasteiger partial charge in [0, 0.05) is 19.6 Å². The third-order valence-electron chi connectivity index (χ3n) is 3.64. The predicted octanol–water partition coefficient (Wildman–Crippen LogP) is 0.925. The number of carbonyl (C=O) groups is 4. The minimum atomic E-state index is -0.411. The fourth-order valence-corrected chi connectivity index (χ4v) is 2.46. The zero-order valence-corrected chi connectivity index (χ0v) is 14.0. The third kappa shape index (κ3) is 4.79. The first-order chi connectivity index (χ1) is 12.0. The van der Waals surface area contributed by atoms with Crippen molar-refractivity contribution in [1.82, 2.24) is 15.5 Å². The van der Waals surface area contributed by atoms with Gasteiger partial charge in [-0.25, -0.2) is 4.79 Å². The number of amides is 4. The Hall–Kier alpha value is -2.90. The second-order valence-corrected chi connectivity index (χ2v) is 5.40. The van der Waals surface area contributed by atoms with Crippen molar-refractivity contribution in [2.75, 3.05) is 26.2 Å². The van der Waals surface area contributed by atoms with Crippen LogP contribution in [0.25, 0.3) is 0 Å². The van der Waals surface area contributed by atoms with Gasteiger partial charge in [0.25, 0.3) is 11.8 Å². The molecule has 134 valence electrons. The van der Waals surface area contributed by atoms with E-state index in [1.807, 2.05) is 0 Å². The summed E-state index contributed by atoms with van der Waals surface area (Å²) in [5.74, 6) is -0.979. The van der Waals surface area contributed by atoms with Crippen molar-refractivity contribution in [3.63, 3.8) is 0 Å². The highest BCUT2D eigenvalue weighted by molar-refractivity contribution is 6.21. The van der Waals surface area contributed by atoms with Crippen LogP contribution in [0.2, 0.25) is 0 Å². The summed E-state index contributed by atoms with van der Waals surface area (Å²) in [5.41, 5.74) is 0.828. The highest BCUT2D eigenvalue weighted by Gasteiger charge is 2.34. The van der Waals surface area contributed by atoms with E-state index >= 15 is 0 Å². The van der Waals surface area contributed by atoms with Crippen LogP contribution in [0.4, 0.5) is 4.79 Å². The van der Waals surface area contributed by atoms with E-state index in [2.05, 4.69) is 10.6 Å². The lowest BCUT2D eigenvalue weighted by Crippen LogP contribution is -2.39. The number of nitrogens with zero attached hydrogens (tertiary/aromatic N) is 1. The van der Waals surface area contributed by atoms with E-state index in [9.17, 15) is 19.2 Å². The molecular formula is C17H21N3O5. The second-order valence-electron chi connectivity index (χ2n) is 5.40. The molecule has 0 atom stereocenters. The van der Waals surface area contributed by atoms with Crippen LogP contribution in [-0.2, 0) is 9.53 Å². The molecule has 0 spiro atoms. The number of fused-ring (bicyclic) bond motifs is 1. The van der Waals surface area contributed by atoms with E-state index in [-0.39, 0.29) is 37.3 Å². The Balaban J connectivity index is 1.65. The van der Waals surface area contributed by atoms with Gasteiger partial charge in [-0.2, -0.15) is 0 Å². The molecule has 25 heavy (non-hydrogen) atoms. The Bertz CT molecular complexity index is 639. The molecule has 1 aromatic rings. The predicted molar refractivity (Wildman–Crippen MR) is 89.1 cm³/mol. The fourth-order valence-electron chi connectivity index (χ4n) is 2.46. The molecule has 2 N–H and O–H groups in total. The first kappa shape index (κ1) is 18.4. The molecule has 1 aliphatic heterocycles. The van der Waals surface area contributed by atoms with Crippen LogP contribution < -0.4 is 10.6 Å². The lowest BCUT2D eigenvalue weighted by atomic mass is 10.1. The number of ether oxygens (including phenoxy) is 1. The van der Waals surface area contributed by atoms with Crippen LogP contribution in [0.1, 0.15) is 40.5 Å². The Morgan fingerprint density at radius 1 is 1.04 bits per heavy atom. The average Bonchev–Trinajstić information content (AvgIpc) is 2.84. The Labute approximate surface area is 145 Å². The lowest BCUT2D eigenvalue weighted by molar-refractivity contribution is -0.142. The summed E-state index contributed by atoms with van der Waals surface area (Å²) in [4.78, 5) is 48.2. The Morgan fingerprint density at radius 3 is 2.24 bits per heavy atom. The molecule has 0 saturated carbocycles. The molecule has 8 nitrogen and oxygen atoms in total. The Kier molecular flexibility index (Phi) is 6.50. The molecule has 0 bridgehead atoms. The Morgan fingerprint density at radius 2 is 1.64 bits per heavy atom. The van der Waals surface area contributed by atoms with Gasteiger partial charge in [0.1, 0.15) is 0 Å². The molecule has 0 fully saturated rings. The average molecular weight is 347 g/mol.